The van der Waals surface area contributed by atoms with Crippen molar-refractivity contribution < 1.29 is 14.3 Å². The number of esters is 1. The molecule has 1 aliphatic carbocycles. The average molecular weight is 368 g/mol. The van der Waals surface area contributed by atoms with Gasteiger partial charge in [0.1, 0.15) is 0 Å². The molecule has 28 heavy (non-hydrogen) atoms. The Morgan fingerprint density at radius 3 is 2.00 bits per heavy atom. The Labute approximate surface area is 164 Å². The van der Waals surface area contributed by atoms with Gasteiger partial charge in [-0.3, -0.25) is 4.79 Å². The number of hydrogen-bond acceptors (Lipinski definition) is 3. The minimum absolute atomic E-state index is 0.0643. The summed E-state index contributed by atoms with van der Waals surface area (Å²) in [7, 11) is 0. The van der Waals surface area contributed by atoms with Crippen LogP contribution in [0, 0.1) is 6.92 Å². The predicted molar refractivity (Wildman–Crippen MR) is 110 cm³/mol. The Morgan fingerprint density at radius 2 is 1.32 bits per heavy atom. The van der Waals surface area contributed by atoms with Crippen LogP contribution in [0.15, 0.2) is 72.8 Å². The molecule has 3 aromatic rings. The monoisotopic (exact) mass is 368 g/mol. The first-order chi connectivity index (χ1) is 13.6. The molecule has 0 radical (unpaired) electrons. The summed E-state index contributed by atoms with van der Waals surface area (Å²) in [5.74, 6) is -0.482. The molecule has 1 aliphatic rings. The summed E-state index contributed by atoms with van der Waals surface area (Å²) in [4.78, 5) is 26.0. The van der Waals surface area contributed by atoms with Crippen molar-refractivity contribution in [1.82, 2.24) is 0 Å². The van der Waals surface area contributed by atoms with Crippen molar-refractivity contribution in [2.75, 3.05) is 6.61 Å². The summed E-state index contributed by atoms with van der Waals surface area (Å²) in [6.07, 6.45) is 0. The number of allylic oxidation sites excluding steroid dienone is 1. The number of carbonyl (C=O) groups is 2. The number of ketones is 1. The third kappa shape index (κ3) is 2.85. The van der Waals surface area contributed by atoms with Gasteiger partial charge in [0.05, 0.1) is 12.2 Å². The van der Waals surface area contributed by atoms with Crippen LogP contribution < -0.4 is 0 Å². The van der Waals surface area contributed by atoms with E-state index in [2.05, 4.69) is 0 Å². The summed E-state index contributed by atoms with van der Waals surface area (Å²) >= 11 is 0. The molecule has 0 spiro atoms. The van der Waals surface area contributed by atoms with Crippen molar-refractivity contribution >= 4 is 22.9 Å². The van der Waals surface area contributed by atoms with Crippen molar-refractivity contribution in [1.29, 1.82) is 0 Å². The van der Waals surface area contributed by atoms with Gasteiger partial charge in [0.15, 0.2) is 5.78 Å². The van der Waals surface area contributed by atoms with Crippen LogP contribution in [0.1, 0.15) is 49.9 Å². The molecule has 138 valence electrons. The SMILES string of the molecule is CCOC(=O)c1ccccc1C1=C(c2ccccc2C)c2ccccc2C1=O. The molecule has 0 amide bonds. The van der Waals surface area contributed by atoms with E-state index in [1.807, 2.05) is 67.6 Å². The van der Waals surface area contributed by atoms with Crippen molar-refractivity contribution in [3.8, 4) is 0 Å². The highest BCUT2D eigenvalue weighted by Gasteiger charge is 2.33. The summed E-state index contributed by atoms with van der Waals surface area (Å²) in [5.41, 5.74) is 6.08. The zero-order chi connectivity index (χ0) is 19.7. The van der Waals surface area contributed by atoms with Crippen LogP contribution in [-0.2, 0) is 4.74 Å². The fourth-order valence-corrected chi connectivity index (χ4v) is 3.76. The summed E-state index contributed by atoms with van der Waals surface area (Å²) in [5, 5.41) is 0. The second kappa shape index (κ2) is 7.28. The molecule has 0 unspecified atom stereocenters. The van der Waals surface area contributed by atoms with Crippen LogP contribution in [0.5, 0.6) is 0 Å². The third-order valence-corrected chi connectivity index (χ3v) is 5.02. The number of ether oxygens (including phenoxy) is 1. The Hall–Kier alpha value is -3.46. The topological polar surface area (TPSA) is 43.4 Å². The lowest BCUT2D eigenvalue weighted by atomic mass is 9.90. The number of Topliss-reactive ketones (excluding diaryl/α,β-unsaturated/α-hetero) is 1. The molecule has 0 aliphatic heterocycles. The predicted octanol–water partition coefficient (Wildman–Crippen LogP) is 5.33. The minimum atomic E-state index is -0.418. The molecule has 4 rings (SSSR count). The summed E-state index contributed by atoms with van der Waals surface area (Å²) in [6, 6.07) is 22.8. The molecule has 3 aromatic carbocycles. The van der Waals surface area contributed by atoms with Gasteiger partial charge >= 0.3 is 5.97 Å². The highest BCUT2D eigenvalue weighted by atomic mass is 16.5. The maximum absolute atomic E-state index is 13.4. The first-order valence-corrected chi connectivity index (χ1v) is 9.34. The van der Waals surface area contributed by atoms with Crippen molar-refractivity contribution in [3.63, 3.8) is 0 Å². The number of carbonyl (C=O) groups excluding carboxylic acids is 2. The van der Waals surface area contributed by atoms with E-state index in [0.29, 0.717) is 22.3 Å². The largest absolute Gasteiger partial charge is 0.462 e. The number of rotatable bonds is 4. The van der Waals surface area contributed by atoms with E-state index < -0.39 is 5.97 Å². The first-order valence-electron chi connectivity index (χ1n) is 9.34. The van der Waals surface area contributed by atoms with E-state index >= 15 is 0 Å². The maximum atomic E-state index is 13.4. The number of aryl methyl sites for hydroxylation is 1. The van der Waals surface area contributed by atoms with Crippen molar-refractivity contribution in [2.45, 2.75) is 13.8 Å². The van der Waals surface area contributed by atoms with Crippen LogP contribution in [0.3, 0.4) is 0 Å². The minimum Gasteiger partial charge on any atom is -0.462 e. The van der Waals surface area contributed by atoms with Gasteiger partial charge < -0.3 is 4.74 Å². The van der Waals surface area contributed by atoms with Gasteiger partial charge in [-0.05, 0) is 36.6 Å². The molecule has 0 bridgehead atoms. The number of benzene rings is 3. The van der Waals surface area contributed by atoms with E-state index in [1.54, 1.807) is 19.1 Å². The Kier molecular flexibility index (Phi) is 4.66. The molecular formula is C25H20O3. The van der Waals surface area contributed by atoms with E-state index in [4.69, 9.17) is 4.74 Å². The summed E-state index contributed by atoms with van der Waals surface area (Å²) in [6.45, 7) is 4.09. The molecule has 0 fully saturated rings. The Bertz CT molecular complexity index is 1120. The quantitative estimate of drug-likeness (QED) is 0.585. The number of hydrogen-bond donors (Lipinski definition) is 0. The van der Waals surface area contributed by atoms with Gasteiger partial charge in [-0.1, -0.05) is 66.7 Å². The lowest BCUT2D eigenvalue weighted by molar-refractivity contribution is 0.0526. The van der Waals surface area contributed by atoms with Gasteiger partial charge in [0, 0.05) is 22.3 Å². The van der Waals surface area contributed by atoms with Gasteiger partial charge in [0.2, 0.25) is 0 Å². The van der Waals surface area contributed by atoms with E-state index in [1.165, 1.54) is 0 Å². The van der Waals surface area contributed by atoms with Crippen molar-refractivity contribution in [2.24, 2.45) is 0 Å². The smallest absolute Gasteiger partial charge is 0.338 e. The lowest BCUT2D eigenvalue weighted by Gasteiger charge is -2.13. The van der Waals surface area contributed by atoms with Gasteiger partial charge in [-0.15, -0.1) is 0 Å². The molecule has 0 atom stereocenters. The fraction of sp³-hybridized carbons (Fsp3) is 0.120. The lowest BCUT2D eigenvalue weighted by Crippen LogP contribution is -2.10. The summed E-state index contributed by atoms with van der Waals surface area (Å²) < 4.78 is 5.23. The van der Waals surface area contributed by atoms with Gasteiger partial charge in [-0.25, -0.2) is 4.79 Å². The molecule has 3 nitrogen and oxygen atoms in total. The van der Waals surface area contributed by atoms with Crippen LogP contribution in [-0.4, -0.2) is 18.4 Å². The normalized spacial score (nSPS) is 12.9. The Morgan fingerprint density at radius 1 is 0.750 bits per heavy atom. The fourth-order valence-electron chi connectivity index (χ4n) is 3.76. The second-order valence-corrected chi connectivity index (χ2v) is 6.71. The average Bonchev–Trinajstić information content (AvgIpc) is 3.01. The zero-order valence-corrected chi connectivity index (χ0v) is 15.9. The van der Waals surface area contributed by atoms with Crippen LogP contribution in [0.4, 0.5) is 0 Å². The maximum Gasteiger partial charge on any atom is 0.338 e. The molecule has 0 aromatic heterocycles. The Balaban J connectivity index is 2.04. The van der Waals surface area contributed by atoms with E-state index in [9.17, 15) is 9.59 Å². The molecule has 0 saturated heterocycles. The zero-order valence-electron chi connectivity index (χ0n) is 15.9. The van der Waals surface area contributed by atoms with Crippen LogP contribution in [0.2, 0.25) is 0 Å². The standard InChI is InChI=1S/C25H20O3/c1-3-28-25(27)21-15-9-7-13-19(21)23-22(17-11-5-4-10-16(17)2)18-12-6-8-14-20(18)24(23)26/h4-15H,3H2,1-2H3. The van der Waals surface area contributed by atoms with E-state index in [0.717, 1.165) is 22.3 Å². The van der Waals surface area contributed by atoms with E-state index in [-0.39, 0.29) is 12.4 Å². The molecule has 0 N–H and O–H groups in total. The highest BCUT2D eigenvalue weighted by molar-refractivity contribution is 6.42. The third-order valence-electron chi connectivity index (χ3n) is 5.02. The van der Waals surface area contributed by atoms with Gasteiger partial charge in [0.25, 0.3) is 0 Å². The van der Waals surface area contributed by atoms with Crippen LogP contribution in [0.25, 0.3) is 11.1 Å². The second-order valence-electron chi connectivity index (χ2n) is 6.71. The van der Waals surface area contributed by atoms with Crippen LogP contribution >= 0.6 is 0 Å². The van der Waals surface area contributed by atoms with Crippen molar-refractivity contribution in [3.05, 3.63) is 106 Å². The number of fused-ring (bicyclic) bond motifs is 1. The molecule has 3 heteroatoms. The molecule has 0 saturated carbocycles. The first kappa shape index (κ1) is 17.9. The molecular weight excluding hydrogens is 348 g/mol. The highest BCUT2D eigenvalue weighted by Crippen LogP contribution is 2.43. The van der Waals surface area contributed by atoms with Gasteiger partial charge in [-0.2, -0.15) is 0 Å². The molecule has 0 heterocycles.